The highest BCUT2D eigenvalue weighted by Crippen LogP contribution is 2.23. The van der Waals surface area contributed by atoms with Crippen molar-refractivity contribution < 1.29 is 13.2 Å². The van der Waals surface area contributed by atoms with Crippen LogP contribution in [0.1, 0.15) is 25.0 Å². The fourth-order valence-corrected chi connectivity index (χ4v) is 2.47. The number of hydrogen-bond acceptors (Lipinski definition) is 4. The van der Waals surface area contributed by atoms with Crippen LogP contribution in [0, 0.1) is 13.8 Å². The quantitative estimate of drug-likeness (QED) is 0.784. The molecule has 0 aliphatic rings. The molecule has 3 N–H and O–H groups in total. The predicted octanol–water partition coefficient (Wildman–Crippen LogP) is 2.05. The first-order valence-electron chi connectivity index (χ1n) is 6.20. The number of hydrogen-bond donors (Lipinski definition) is 2. The summed E-state index contributed by atoms with van der Waals surface area (Å²) in [5.41, 5.74) is 8.69. The van der Waals surface area contributed by atoms with E-state index in [0.29, 0.717) is 11.4 Å². The second-order valence-electron chi connectivity index (χ2n) is 4.86. The Morgan fingerprint density at radius 3 is 2.42 bits per heavy atom. The molecule has 0 bridgehead atoms. The number of nitrogens with two attached hydrogens (primary N) is 1. The maximum absolute atomic E-state index is 11.9. The maximum Gasteiger partial charge on any atom is 0.235 e. The minimum atomic E-state index is -3.44. The average molecular weight is 286 g/mol. The second kappa shape index (κ2) is 6.25. The summed E-state index contributed by atoms with van der Waals surface area (Å²) >= 11 is 0. The summed E-state index contributed by atoms with van der Waals surface area (Å²) in [4.78, 5) is 0. The molecule has 0 aromatic heterocycles. The van der Waals surface area contributed by atoms with Gasteiger partial charge >= 0.3 is 0 Å². The number of anilines is 2. The molecule has 0 spiro atoms. The first-order chi connectivity index (χ1) is 8.71. The molecule has 0 saturated heterocycles. The zero-order valence-electron chi connectivity index (χ0n) is 11.9. The summed E-state index contributed by atoms with van der Waals surface area (Å²) in [6.45, 7) is 7.73. The Morgan fingerprint density at radius 1 is 1.26 bits per heavy atom. The van der Waals surface area contributed by atoms with Crippen molar-refractivity contribution in [2.45, 2.75) is 33.8 Å². The number of rotatable bonds is 6. The van der Waals surface area contributed by atoms with Crippen LogP contribution in [0.2, 0.25) is 0 Å². The van der Waals surface area contributed by atoms with Gasteiger partial charge in [-0.25, -0.2) is 8.42 Å². The largest absolute Gasteiger partial charge is 0.397 e. The molecule has 5 nitrogen and oxygen atoms in total. The standard InChI is InChI=1S/C13H22N2O3S/c1-9(2)18-5-6-19(16,17)15-13-8-11(4)10(3)7-12(13)14/h7-9,15H,5-6,14H2,1-4H3. The molecule has 1 aromatic rings. The Kier molecular flexibility index (Phi) is 5.20. The van der Waals surface area contributed by atoms with E-state index in [1.807, 2.05) is 27.7 Å². The van der Waals surface area contributed by atoms with Crippen LogP contribution in [0.3, 0.4) is 0 Å². The third-order valence-electron chi connectivity index (χ3n) is 2.73. The minimum Gasteiger partial charge on any atom is -0.397 e. The molecule has 0 fully saturated rings. The van der Waals surface area contributed by atoms with Crippen molar-refractivity contribution in [3.8, 4) is 0 Å². The van der Waals surface area contributed by atoms with E-state index >= 15 is 0 Å². The van der Waals surface area contributed by atoms with Gasteiger partial charge in [0, 0.05) is 0 Å². The van der Waals surface area contributed by atoms with E-state index in [1.54, 1.807) is 12.1 Å². The van der Waals surface area contributed by atoms with Gasteiger partial charge in [0.05, 0.1) is 29.8 Å². The van der Waals surface area contributed by atoms with Gasteiger partial charge in [0.25, 0.3) is 0 Å². The minimum absolute atomic E-state index is 0.0156. The van der Waals surface area contributed by atoms with Gasteiger partial charge in [0.1, 0.15) is 0 Å². The molecule has 108 valence electrons. The van der Waals surface area contributed by atoms with Crippen molar-refractivity contribution in [2.24, 2.45) is 0 Å². The number of nitrogen functional groups attached to an aromatic ring is 1. The van der Waals surface area contributed by atoms with Gasteiger partial charge < -0.3 is 10.5 Å². The Bertz CT molecular complexity index is 539. The number of ether oxygens (including phenoxy) is 1. The highest BCUT2D eigenvalue weighted by molar-refractivity contribution is 7.92. The second-order valence-corrected chi connectivity index (χ2v) is 6.71. The summed E-state index contributed by atoms with van der Waals surface area (Å²) in [6, 6.07) is 3.50. The first-order valence-corrected chi connectivity index (χ1v) is 7.85. The van der Waals surface area contributed by atoms with Crippen LogP contribution < -0.4 is 10.5 Å². The van der Waals surface area contributed by atoms with Gasteiger partial charge in [-0.2, -0.15) is 0 Å². The number of benzene rings is 1. The average Bonchev–Trinajstić information content (AvgIpc) is 2.24. The SMILES string of the molecule is Cc1cc(N)c(NS(=O)(=O)CCOC(C)C)cc1C. The molecular weight excluding hydrogens is 264 g/mol. The van der Waals surface area contributed by atoms with E-state index in [1.165, 1.54) is 0 Å². The molecule has 0 heterocycles. The molecule has 0 atom stereocenters. The molecule has 0 radical (unpaired) electrons. The monoisotopic (exact) mass is 286 g/mol. The van der Waals surface area contributed by atoms with Crippen LogP contribution in [0.25, 0.3) is 0 Å². The van der Waals surface area contributed by atoms with Gasteiger partial charge in [-0.05, 0) is 51.0 Å². The summed E-state index contributed by atoms with van der Waals surface area (Å²) in [6.07, 6.45) is 0.0156. The van der Waals surface area contributed by atoms with Crippen molar-refractivity contribution in [3.63, 3.8) is 0 Å². The smallest absolute Gasteiger partial charge is 0.235 e. The topological polar surface area (TPSA) is 81.4 Å². The number of sulfonamides is 1. The molecule has 0 aliphatic heterocycles. The van der Waals surface area contributed by atoms with Crippen LogP contribution in [0.15, 0.2) is 12.1 Å². The van der Waals surface area contributed by atoms with Crippen molar-refractivity contribution in [1.29, 1.82) is 0 Å². The van der Waals surface area contributed by atoms with Crippen molar-refractivity contribution in [2.75, 3.05) is 22.8 Å². The Labute approximate surface area is 115 Å². The van der Waals surface area contributed by atoms with Crippen LogP contribution in [0.4, 0.5) is 11.4 Å². The van der Waals surface area contributed by atoms with Gasteiger partial charge in [-0.3, -0.25) is 4.72 Å². The van der Waals surface area contributed by atoms with E-state index < -0.39 is 10.0 Å². The van der Waals surface area contributed by atoms with E-state index in [-0.39, 0.29) is 18.5 Å². The van der Waals surface area contributed by atoms with E-state index in [4.69, 9.17) is 10.5 Å². The number of nitrogens with one attached hydrogen (secondary N) is 1. The molecule has 0 saturated carbocycles. The zero-order chi connectivity index (χ0) is 14.6. The van der Waals surface area contributed by atoms with E-state index in [9.17, 15) is 8.42 Å². The zero-order valence-corrected chi connectivity index (χ0v) is 12.7. The molecule has 6 heteroatoms. The van der Waals surface area contributed by atoms with Gasteiger partial charge in [0.15, 0.2) is 0 Å². The Balaban J connectivity index is 2.76. The molecule has 19 heavy (non-hydrogen) atoms. The van der Waals surface area contributed by atoms with Crippen LogP contribution in [0.5, 0.6) is 0 Å². The van der Waals surface area contributed by atoms with Gasteiger partial charge in [-0.1, -0.05) is 0 Å². The summed E-state index contributed by atoms with van der Waals surface area (Å²) < 4.78 is 31.5. The summed E-state index contributed by atoms with van der Waals surface area (Å²) in [5, 5.41) is 0. The molecule has 0 aliphatic carbocycles. The fraction of sp³-hybridized carbons (Fsp3) is 0.538. The highest BCUT2D eigenvalue weighted by atomic mass is 32.2. The number of aryl methyl sites for hydroxylation is 2. The van der Waals surface area contributed by atoms with Gasteiger partial charge in [-0.15, -0.1) is 0 Å². The van der Waals surface area contributed by atoms with Crippen LogP contribution >= 0.6 is 0 Å². The van der Waals surface area contributed by atoms with Crippen LogP contribution in [-0.4, -0.2) is 26.9 Å². The lowest BCUT2D eigenvalue weighted by Crippen LogP contribution is -2.22. The molecule has 1 rings (SSSR count). The summed E-state index contributed by atoms with van der Waals surface area (Å²) in [5.74, 6) is -0.0858. The van der Waals surface area contributed by atoms with Gasteiger partial charge in [0.2, 0.25) is 10.0 Å². The highest BCUT2D eigenvalue weighted by Gasteiger charge is 2.13. The van der Waals surface area contributed by atoms with E-state index in [2.05, 4.69) is 4.72 Å². The molecule has 1 aromatic carbocycles. The lowest BCUT2D eigenvalue weighted by molar-refractivity contribution is 0.0913. The molecule has 0 amide bonds. The van der Waals surface area contributed by atoms with Crippen molar-refractivity contribution in [3.05, 3.63) is 23.3 Å². The van der Waals surface area contributed by atoms with Crippen LogP contribution in [-0.2, 0) is 14.8 Å². The Hall–Kier alpha value is -1.27. The third kappa shape index (κ3) is 5.08. The molecular formula is C13H22N2O3S. The van der Waals surface area contributed by atoms with E-state index in [0.717, 1.165) is 11.1 Å². The summed E-state index contributed by atoms with van der Waals surface area (Å²) in [7, 11) is -3.44. The molecule has 0 unspecified atom stereocenters. The maximum atomic E-state index is 11.9. The lowest BCUT2D eigenvalue weighted by atomic mass is 10.1. The predicted molar refractivity (Wildman–Crippen MR) is 78.8 cm³/mol. The lowest BCUT2D eigenvalue weighted by Gasteiger charge is -2.13. The van der Waals surface area contributed by atoms with Crippen molar-refractivity contribution in [1.82, 2.24) is 0 Å². The third-order valence-corrected chi connectivity index (χ3v) is 3.97. The van der Waals surface area contributed by atoms with Crippen molar-refractivity contribution >= 4 is 21.4 Å². The Morgan fingerprint density at radius 2 is 1.84 bits per heavy atom. The normalized spacial score (nSPS) is 11.8. The first kappa shape index (κ1) is 15.8. The fourth-order valence-electron chi connectivity index (χ4n) is 1.54.